The molecule has 2 aromatic carbocycles. The Bertz CT molecular complexity index is 684. The summed E-state index contributed by atoms with van der Waals surface area (Å²) < 4.78 is 0. The number of nitrogens with zero attached hydrogens (tertiary/aromatic N) is 2. The predicted octanol–water partition coefficient (Wildman–Crippen LogP) is 3.65. The summed E-state index contributed by atoms with van der Waals surface area (Å²) in [6, 6.07) is 16.9. The van der Waals surface area contributed by atoms with Gasteiger partial charge in [-0.3, -0.25) is 4.99 Å². The maximum atomic E-state index is 6.02. The van der Waals surface area contributed by atoms with Crippen LogP contribution in [0.25, 0.3) is 0 Å². The largest absolute Gasteiger partial charge is 0.412 e. The van der Waals surface area contributed by atoms with E-state index < -0.39 is 0 Å². The minimum Gasteiger partial charge on any atom is -0.412 e. The molecule has 1 heterocycles. The second-order valence-corrected chi connectivity index (χ2v) is 6.53. The summed E-state index contributed by atoms with van der Waals surface area (Å²) in [4.78, 5) is 7.26. The molecule has 130 valence electrons. The molecule has 5 heteroatoms. The van der Waals surface area contributed by atoms with Crippen molar-refractivity contribution in [3.05, 3.63) is 70.2 Å². The Labute approximate surface area is 155 Å². The van der Waals surface area contributed by atoms with Crippen LogP contribution in [0, 0.1) is 0 Å². The third-order valence-corrected chi connectivity index (χ3v) is 4.32. The highest BCUT2D eigenvalue weighted by Gasteiger charge is 2.21. The third kappa shape index (κ3) is 4.81. The molecule has 0 spiro atoms. The van der Waals surface area contributed by atoms with Crippen LogP contribution in [0.5, 0.6) is 0 Å². The topological polar surface area (TPSA) is 47.1 Å². The van der Waals surface area contributed by atoms with Crippen LogP contribution in [0.2, 0.25) is 5.02 Å². The Morgan fingerprint density at radius 3 is 2.42 bits per heavy atom. The van der Waals surface area contributed by atoms with E-state index in [9.17, 15) is 0 Å². The van der Waals surface area contributed by atoms with Crippen LogP contribution < -0.4 is 0 Å². The summed E-state index contributed by atoms with van der Waals surface area (Å²) in [6.07, 6.45) is 2.11. The van der Waals surface area contributed by atoms with Gasteiger partial charge in [0.25, 0.3) is 0 Å². The first-order chi connectivity index (χ1) is 10.6. The lowest BCUT2D eigenvalue weighted by Crippen LogP contribution is -2.25. The molecular formula is C19H24Cl2N2O. The van der Waals surface area contributed by atoms with Crippen LogP contribution in [0.3, 0.4) is 0 Å². The number of rotatable bonds is 4. The van der Waals surface area contributed by atoms with Crippen molar-refractivity contribution < 1.29 is 5.48 Å². The van der Waals surface area contributed by atoms with Gasteiger partial charge in [0.2, 0.25) is 0 Å². The molecule has 0 aromatic heterocycles. The van der Waals surface area contributed by atoms with Crippen molar-refractivity contribution in [2.24, 2.45) is 4.99 Å². The summed E-state index contributed by atoms with van der Waals surface area (Å²) in [6.45, 7) is 1.06. The zero-order chi connectivity index (χ0) is 15.5. The summed E-state index contributed by atoms with van der Waals surface area (Å²) >= 11 is 6.02. The number of hydrogen-bond donors (Lipinski definition) is 0. The molecule has 3 nitrogen and oxygen atoms in total. The quantitative estimate of drug-likeness (QED) is 0.814. The van der Waals surface area contributed by atoms with Crippen molar-refractivity contribution in [1.29, 1.82) is 0 Å². The van der Waals surface area contributed by atoms with Crippen molar-refractivity contribution in [2.45, 2.75) is 18.9 Å². The second kappa shape index (κ2) is 9.19. The van der Waals surface area contributed by atoms with Gasteiger partial charge in [-0.25, -0.2) is 0 Å². The van der Waals surface area contributed by atoms with Crippen LogP contribution in [-0.4, -0.2) is 42.8 Å². The van der Waals surface area contributed by atoms with Crippen LogP contribution in [0.15, 0.2) is 53.5 Å². The fraction of sp³-hybridized carbons (Fsp3) is 0.316. The van der Waals surface area contributed by atoms with Gasteiger partial charge in [-0.05, 0) is 51.2 Å². The average Bonchev–Trinajstić information content (AvgIpc) is 2.53. The lowest BCUT2D eigenvalue weighted by molar-refractivity contribution is 0.379. The number of benzene rings is 2. The lowest BCUT2D eigenvalue weighted by atomic mass is 9.89. The first kappa shape index (κ1) is 20.7. The lowest BCUT2D eigenvalue weighted by Gasteiger charge is -2.25. The van der Waals surface area contributed by atoms with Gasteiger partial charge in [0.1, 0.15) is 0 Å². The second-order valence-electron chi connectivity index (χ2n) is 6.09. The molecule has 24 heavy (non-hydrogen) atoms. The van der Waals surface area contributed by atoms with Crippen LogP contribution in [-0.2, 0) is 6.42 Å². The van der Waals surface area contributed by atoms with Gasteiger partial charge in [-0.15, -0.1) is 12.4 Å². The van der Waals surface area contributed by atoms with E-state index >= 15 is 0 Å². The molecule has 2 N–H and O–H groups in total. The minimum atomic E-state index is 0. The fourth-order valence-corrected chi connectivity index (χ4v) is 3.02. The number of aliphatic imine (C=N–C) groups is 1. The first-order valence-electron chi connectivity index (χ1n) is 7.70. The Morgan fingerprint density at radius 2 is 1.75 bits per heavy atom. The van der Waals surface area contributed by atoms with E-state index in [1.165, 1.54) is 11.1 Å². The van der Waals surface area contributed by atoms with Crippen molar-refractivity contribution >= 4 is 29.7 Å². The average molecular weight is 367 g/mol. The van der Waals surface area contributed by atoms with Gasteiger partial charge in [0.15, 0.2) is 0 Å². The van der Waals surface area contributed by atoms with E-state index in [1.54, 1.807) is 0 Å². The van der Waals surface area contributed by atoms with Crippen molar-refractivity contribution in [3.8, 4) is 0 Å². The monoisotopic (exact) mass is 366 g/mol. The normalized spacial score (nSPS) is 15.8. The highest BCUT2D eigenvalue weighted by Crippen LogP contribution is 2.25. The Morgan fingerprint density at radius 1 is 1.08 bits per heavy atom. The van der Waals surface area contributed by atoms with E-state index in [4.69, 9.17) is 16.6 Å². The summed E-state index contributed by atoms with van der Waals surface area (Å²) in [5, 5.41) is 0.762. The SMILES string of the molecule is CN(C)CCC1Cc2ccccc2C(c2ccc(Cl)cc2)=N1.Cl.O. The number of hydrogen-bond acceptors (Lipinski definition) is 2. The van der Waals surface area contributed by atoms with Crippen molar-refractivity contribution in [3.63, 3.8) is 0 Å². The van der Waals surface area contributed by atoms with E-state index in [0.717, 1.165) is 35.7 Å². The first-order valence-corrected chi connectivity index (χ1v) is 8.08. The molecule has 0 amide bonds. The van der Waals surface area contributed by atoms with Gasteiger partial charge in [0, 0.05) is 16.1 Å². The van der Waals surface area contributed by atoms with Gasteiger partial charge >= 0.3 is 0 Å². The molecule has 1 aliphatic heterocycles. The van der Waals surface area contributed by atoms with E-state index in [2.05, 4.69) is 55.4 Å². The number of fused-ring (bicyclic) bond motifs is 1. The molecule has 0 radical (unpaired) electrons. The molecule has 0 aliphatic carbocycles. The standard InChI is InChI=1S/C19H21ClN2.ClH.H2O/c1-22(2)12-11-17-13-15-5-3-4-6-18(15)19(21-17)14-7-9-16(20)10-8-14;;/h3-10,17H,11-13H2,1-2H3;1H;1H2. The highest BCUT2D eigenvalue weighted by atomic mass is 35.5. The molecule has 1 unspecified atom stereocenters. The molecule has 3 rings (SSSR count). The van der Waals surface area contributed by atoms with Crippen molar-refractivity contribution in [1.82, 2.24) is 4.90 Å². The predicted molar refractivity (Wildman–Crippen MR) is 105 cm³/mol. The van der Waals surface area contributed by atoms with Gasteiger partial charge in [0.05, 0.1) is 11.8 Å². The van der Waals surface area contributed by atoms with E-state index in [-0.39, 0.29) is 17.9 Å². The van der Waals surface area contributed by atoms with Gasteiger partial charge in [-0.1, -0.05) is 48.0 Å². The minimum absolute atomic E-state index is 0. The number of halogens is 2. The molecule has 1 aliphatic rings. The summed E-state index contributed by atoms with van der Waals surface area (Å²) in [5.41, 5.74) is 4.89. The highest BCUT2D eigenvalue weighted by molar-refractivity contribution is 6.30. The molecule has 0 saturated carbocycles. The van der Waals surface area contributed by atoms with E-state index in [1.807, 2.05) is 12.1 Å². The van der Waals surface area contributed by atoms with Crippen LogP contribution in [0.4, 0.5) is 0 Å². The zero-order valence-corrected chi connectivity index (χ0v) is 15.6. The van der Waals surface area contributed by atoms with Crippen LogP contribution in [0.1, 0.15) is 23.1 Å². The summed E-state index contributed by atoms with van der Waals surface area (Å²) in [5.74, 6) is 0. The Balaban J connectivity index is 0.00000144. The smallest absolute Gasteiger partial charge is 0.0725 e. The molecule has 0 fully saturated rings. The molecular weight excluding hydrogens is 343 g/mol. The zero-order valence-electron chi connectivity index (χ0n) is 14.0. The van der Waals surface area contributed by atoms with Crippen molar-refractivity contribution in [2.75, 3.05) is 20.6 Å². The summed E-state index contributed by atoms with van der Waals surface area (Å²) in [7, 11) is 4.22. The Hall–Kier alpha value is -1.39. The fourth-order valence-electron chi connectivity index (χ4n) is 2.89. The molecule has 1 atom stereocenters. The molecule has 0 bridgehead atoms. The maximum absolute atomic E-state index is 6.02. The van der Waals surface area contributed by atoms with E-state index in [0.29, 0.717) is 6.04 Å². The molecule has 2 aromatic rings. The third-order valence-electron chi connectivity index (χ3n) is 4.07. The molecule has 0 saturated heterocycles. The van der Waals surface area contributed by atoms with Crippen LogP contribution >= 0.6 is 24.0 Å². The van der Waals surface area contributed by atoms with Gasteiger partial charge in [-0.2, -0.15) is 0 Å². The van der Waals surface area contributed by atoms with Gasteiger partial charge < -0.3 is 10.4 Å². The maximum Gasteiger partial charge on any atom is 0.0725 e. The Kier molecular flexibility index (Phi) is 7.91.